The quantitative estimate of drug-likeness (QED) is 0.754. The number of amides is 1. The Bertz CT molecular complexity index is 718. The molecule has 0 heterocycles. The fourth-order valence-corrected chi connectivity index (χ4v) is 2.11. The lowest BCUT2D eigenvalue weighted by molar-refractivity contribution is -0.123. The van der Waals surface area contributed by atoms with Gasteiger partial charge >= 0.3 is 0 Å². The summed E-state index contributed by atoms with van der Waals surface area (Å²) in [5.74, 6) is 0.185. The van der Waals surface area contributed by atoms with Crippen LogP contribution in [0.2, 0.25) is 0 Å². The number of aldehydes is 1. The molecular formula is C18H18FNO4. The number of carbonyl (C=O) groups is 2. The molecule has 0 aliphatic carbocycles. The molecular weight excluding hydrogens is 313 g/mol. The number of hydrogen-bond donors (Lipinski definition) is 1. The maximum Gasteiger partial charge on any atom is 0.257 e. The van der Waals surface area contributed by atoms with Crippen molar-refractivity contribution in [1.82, 2.24) is 5.32 Å². The molecule has 0 aromatic heterocycles. The molecule has 1 N–H and O–H groups in total. The van der Waals surface area contributed by atoms with E-state index in [2.05, 4.69) is 5.32 Å². The van der Waals surface area contributed by atoms with E-state index in [1.165, 1.54) is 19.2 Å². The molecule has 0 saturated heterocycles. The number of halogens is 1. The fourth-order valence-electron chi connectivity index (χ4n) is 2.11. The van der Waals surface area contributed by atoms with E-state index in [-0.39, 0.29) is 18.3 Å². The molecule has 126 valence electrons. The van der Waals surface area contributed by atoms with Crippen molar-refractivity contribution in [3.8, 4) is 11.5 Å². The summed E-state index contributed by atoms with van der Waals surface area (Å²) in [5, 5.41) is 2.65. The SMILES string of the molecule is COc1ccc(OCC(=O)NCCc2ccccc2F)c(C=O)c1. The third kappa shape index (κ3) is 4.81. The van der Waals surface area contributed by atoms with Crippen LogP contribution in [0.5, 0.6) is 11.5 Å². The zero-order valence-electron chi connectivity index (χ0n) is 13.3. The molecule has 0 atom stereocenters. The second-order valence-corrected chi connectivity index (χ2v) is 5.00. The normalized spacial score (nSPS) is 10.1. The standard InChI is InChI=1S/C18H18FNO4/c1-23-15-6-7-17(14(10-15)11-21)24-12-18(22)20-9-8-13-4-2-3-5-16(13)19/h2-7,10-11H,8-9,12H2,1H3,(H,20,22). The first-order chi connectivity index (χ1) is 11.6. The molecule has 6 heteroatoms. The molecule has 0 aliphatic heterocycles. The summed E-state index contributed by atoms with van der Waals surface area (Å²) in [6.07, 6.45) is 1.02. The molecule has 2 rings (SSSR count). The summed E-state index contributed by atoms with van der Waals surface area (Å²) < 4.78 is 23.8. The van der Waals surface area contributed by atoms with Crippen LogP contribution in [0.1, 0.15) is 15.9 Å². The van der Waals surface area contributed by atoms with E-state index in [0.29, 0.717) is 41.9 Å². The van der Waals surface area contributed by atoms with E-state index in [1.807, 2.05) is 0 Å². The first kappa shape index (κ1) is 17.5. The maximum absolute atomic E-state index is 13.4. The second-order valence-electron chi connectivity index (χ2n) is 5.00. The molecule has 0 unspecified atom stereocenters. The van der Waals surface area contributed by atoms with Gasteiger partial charge in [-0.1, -0.05) is 18.2 Å². The van der Waals surface area contributed by atoms with Crippen molar-refractivity contribution in [2.45, 2.75) is 6.42 Å². The highest BCUT2D eigenvalue weighted by atomic mass is 19.1. The van der Waals surface area contributed by atoms with Gasteiger partial charge in [0.15, 0.2) is 12.9 Å². The summed E-state index contributed by atoms with van der Waals surface area (Å²) in [4.78, 5) is 22.8. The summed E-state index contributed by atoms with van der Waals surface area (Å²) >= 11 is 0. The van der Waals surface area contributed by atoms with Crippen LogP contribution in [0.4, 0.5) is 4.39 Å². The third-order valence-corrected chi connectivity index (χ3v) is 3.38. The highest BCUT2D eigenvalue weighted by Gasteiger charge is 2.08. The molecule has 2 aromatic carbocycles. The lowest BCUT2D eigenvalue weighted by Crippen LogP contribution is -2.30. The minimum absolute atomic E-state index is 0.232. The van der Waals surface area contributed by atoms with Crippen LogP contribution in [-0.2, 0) is 11.2 Å². The maximum atomic E-state index is 13.4. The predicted octanol–water partition coefficient (Wildman–Crippen LogP) is 2.38. The summed E-state index contributed by atoms with van der Waals surface area (Å²) in [6.45, 7) is 0.0662. The first-order valence-corrected chi connectivity index (χ1v) is 7.40. The highest BCUT2D eigenvalue weighted by molar-refractivity contribution is 5.81. The number of methoxy groups -OCH3 is 1. The average molecular weight is 331 g/mol. The second kappa shape index (κ2) is 8.67. The number of nitrogens with one attached hydrogen (secondary N) is 1. The van der Waals surface area contributed by atoms with Gasteiger partial charge < -0.3 is 14.8 Å². The lowest BCUT2D eigenvalue weighted by Gasteiger charge is -2.10. The van der Waals surface area contributed by atoms with Crippen LogP contribution in [0.25, 0.3) is 0 Å². The highest BCUT2D eigenvalue weighted by Crippen LogP contribution is 2.22. The Kier molecular flexibility index (Phi) is 6.31. The van der Waals surface area contributed by atoms with Crippen LogP contribution in [0, 0.1) is 5.82 Å². The Balaban J connectivity index is 1.81. The van der Waals surface area contributed by atoms with Gasteiger partial charge in [-0.25, -0.2) is 4.39 Å². The number of benzene rings is 2. The topological polar surface area (TPSA) is 64.6 Å². The Morgan fingerprint density at radius 1 is 1.25 bits per heavy atom. The molecule has 0 spiro atoms. The van der Waals surface area contributed by atoms with Crippen molar-refractivity contribution in [2.75, 3.05) is 20.3 Å². The first-order valence-electron chi connectivity index (χ1n) is 7.40. The van der Waals surface area contributed by atoms with Crippen molar-refractivity contribution in [2.24, 2.45) is 0 Å². The van der Waals surface area contributed by atoms with Gasteiger partial charge in [0.05, 0.1) is 12.7 Å². The number of carbonyl (C=O) groups excluding carboxylic acids is 2. The average Bonchev–Trinajstić information content (AvgIpc) is 2.61. The van der Waals surface area contributed by atoms with Crippen LogP contribution >= 0.6 is 0 Å². The monoisotopic (exact) mass is 331 g/mol. The van der Waals surface area contributed by atoms with Crippen molar-refractivity contribution in [1.29, 1.82) is 0 Å². The van der Waals surface area contributed by atoms with Crippen LogP contribution in [0.3, 0.4) is 0 Å². The third-order valence-electron chi connectivity index (χ3n) is 3.38. The van der Waals surface area contributed by atoms with Gasteiger partial charge in [0.2, 0.25) is 0 Å². The zero-order valence-corrected chi connectivity index (χ0v) is 13.3. The van der Waals surface area contributed by atoms with Gasteiger partial charge in [-0.15, -0.1) is 0 Å². The Hall–Kier alpha value is -2.89. The van der Waals surface area contributed by atoms with Gasteiger partial charge in [-0.3, -0.25) is 9.59 Å². The lowest BCUT2D eigenvalue weighted by atomic mass is 10.1. The molecule has 5 nitrogen and oxygen atoms in total. The van der Waals surface area contributed by atoms with Gasteiger partial charge in [0.1, 0.15) is 17.3 Å². The molecule has 0 aliphatic rings. The Morgan fingerprint density at radius 2 is 2.04 bits per heavy atom. The van der Waals surface area contributed by atoms with E-state index in [4.69, 9.17) is 9.47 Å². The molecule has 0 fully saturated rings. The van der Waals surface area contributed by atoms with Crippen molar-refractivity contribution in [3.63, 3.8) is 0 Å². The zero-order chi connectivity index (χ0) is 17.4. The fraction of sp³-hybridized carbons (Fsp3) is 0.222. The Morgan fingerprint density at radius 3 is 2.75 bits per heavy atom. The summed E-state index contributed by atoms with van der Waals surface area (Å²) in [5.41, 5.74) is 0.839. The van der Waals surface area contributed by atoms with Gasteiger partial charge in [0.25, 0.3) is 5.91 Å². The molecule has 2 aromatic rings. The minimum atomic E-state index is -0.348. The van der Waals surface area contributed by atoms with Crippen molar-refractivity contribution in [3.05, 3.63) is 59.4 Å². The number of hydrogen-bond acceptors (Lipinski definition) is 4. The Labute approximate surface area is 139 Å². The smallest absolute Gasteiger partial charge is 0.257 e. The largest absolute Gasteiger partial charge is 0.497 e. The van der Waals surface area contributed by atoms with Crippen molar-refractivity contribution < 1.29 is 23.5 Å². The van der Waals surface area contributed by atoms with Gasteiger partial charge in [-0.2, -0.15) is 0 Å². The number of ether oxygens (including phenoxy) is 2. The van der Waals surface area contributed by atoms with Gasteiger partial charge in [-0.05, 0) is 36.2 Å². The summed E-state index contributed by atoms with van der Waals surface area (Å²) in [7, 11) is 1.49. The van der Waals surface area contributed by atoms with E-state index in [0.717, 1.165) is 0 Å². The van der Waals surface area contributed by atoms with Gasteiger partial charge in [0, 0.05) is 6.54 Å². The van der Waals surface area contributed by atoms with E-state index in [1.54, 1.807) is 30.3 Å². The molecule has 0 radical (unpaired) electrons. The summed E-state index contributed by atoms with van der Waals surface area (Å²) in [6, 6.07) is 11.1. The van der Waals surface area contributed by atoms with Crippen LogP contribution in [-0.4, -0.2) is 32.5 Å². The molecule has 0 bridgehead atoms. The number of rotatable bonds is 8. The molecule has 0 saturated carbocycles. The van der Waals surface area contributed by atoms with E-state index >= 15 is 0 Å². The minimum Gasteiger partial charge on any atom is -0.497 e. The van der Waals surface area contributed by atoms with Crippen molar-refractivity contribution >= 4 is 12.2 Å². The van der Waals surface area contributed by atoms with Crippen LogP contribution < -0.4 is 14.8 Å². The van der Waals surface area contributed by atoms with E-state index < -0.39 is 0 Å². The molecule has 1 amide bonds. The molecule has 24 heavy (non-hydrogen) atoms. The van der Waals surface area contributed by atoms with Crippen LogP contribution in [0.15, 0.2) is 42.5 Å². The van der Waals surface area contributed by atoms with E-state index in [9.17, 15) is 14.0 Å². The predicted molar refractivity (Wildman–Crippen MR) is 87.0 cm³/mol.